The lowest BCUT2D eigenvalue weighted by Gasteiger charge is -2.13. The molecule has 4 heteroatoms. The summed E-state index contributed by atoms with van der Waals surface area (Å²) in [5.74, 6) is 1.11. The van der Waals surface area contributed by atoms with E-state index in [0.29, 0.717) is 6.54 Å². The summed E-state index contributed by atoms with van der Waals surface area (Å²) in [4.78, 5) is 11.4. The number of rotatable bonds is 5. The van der Waals surface area contributed by atoms with E-state index in [-0.39, 0.29) is 17.9 Å². The number of methoxy groups -OCH3 is 1. The molecule has 1 aromatic rings. The third-order valence-corrected chi connectivity index (χ3v) is 2.55. The van der Waals surface area contributed by atoms with Crippen molar-refractivity contribution in [2.24, 2.45) is 5.92 Å². The van der Waals surface area contributed by atoms with Crippen molar-refractivity contribution in [1.29, 1.82) is 0 Å². The average molecular weight is 209 g/mol. The van der Waals surface area contributed by atoms with Gasteiger partial charge in [0.1, 0.15) is 11.9 Å². The molecule has 4 nitrogen and oxygen atoms in total. The van der Waals surface area contributed by atoms with Crippen LogP contribution in [-0.2, 0) is 9.53 Å². The third-order valence-electron chi connectivity index (χ3n) is 2.55. The van der Waals surface area contributed by atoms with Crippen LogP contribution in [-0.4, -0.2) is 19.6 Å². The van der Waals surface area contributed by atoms with Crippen LogP contribution in [0.4, 0.5) is 0 Å². The van der Waals surface area contributed by atoms with E-state index in [4.69, 9.17) is 9.15 Å². The second kappa shape index (κ2) is 4.49. The lowest BCUT2D eigenvalue weighted by Crippen LogP contribution is -2.30. The van der Waals surface area contributed by atoms with Gasteiger partial charge in [-0.25, -0.2) is 0 Å². The fourth-order valence-corrected chi connectivity index (χ4v) is 1.46. The molecule has 2 rings (SSSR count). The summed E-state index contributed by atoms with van der Waals surface area (Å²) in [5.41, 5.74) is 0. The molecule has 0 saturated heterocycles. The van der Waals surface area contributed by atoms with Gasteiger partial charge in [0.05, 0.1) is 12.8 Å². The second-order valence-corrected chi connectivity index (χ2v) is 3.76. The fourth-order valence-electron chi connectivity index (χ4n) is 1.46. The van der Waals surface area contributed by atoms with E-state index < -0.39 is 0 Å². The van der Waals surface area contributed by atoms with Crippen LogP contribution in [0.2, 0.25) is 0 Å². The summed E-state index contributed by atoms with van der Waals surface area (Å²) < 4.78 is 10.5. The Bertz CT molecular complexity index is 317. The molecule has 1 aliphatic carbocycles. The standard InChI is InChI=1S/C11H15NO3/c1-14-10(9-3-2-6-15-9)7-12-11(13)8-4-5-8/h2-3,6,8,10H,4-5,7H2,1H3,(H,12,13)/t10-/m1/s1. The molecule has 0 spiro atoms. The highest BCUT2D eigenvalue weighted by Crippen LogP contribution is 2.29. The molecule has 0 unspecified atom stereocenters. The smallest absolute Gasteiger partial charge is 0.223 e. The Morgan fingerprint density at radius 3 is 3.07 bits per heavy atom. The predicted molar refractivity (Wildman–Crippen MR) is 54.2 cm³/mol. The van der Waals surface area contributed by atoms with Crippen LogP contribution in [0.5, 0.6) is 0 Å². The van der Waals surface area contributed by atoms with Gasteiger partial charge in [0.15, 0.2) is 0 Å². The van der Waals surface area contributed by atoms with E-state index in [1.165, 1.54) is 0 Å². The molecule has 1 saturated carbocycles. The van der Waals surface area contributed by atoms with Crippen LogP contribution in [0.15, 0.2) is 22.8 Å². The molecular formula is C11H15NO3. The van der Waals surface area contributed by atoms with Gasteiger partial charge >= 0.3 is 0 Å². The van der Waals surface area contributed by atoms with Crippen LogP contribution < -0.4 is 5.32 Å². The van der Waals surface area contributed by atoms with E-state index in [1.54, 1.807) is 13.4 Å². The van der Waals surface area contributed by atoms with Gasteiger partial charge in [-0.05, 0) is 25.0 Å². The maximum atomic E-state index is 11.4. The number of amides is 1. The van der Waals surface area contributed by atoms with Gasteiger partial charge in [0.2, 0.25) is 5.91 Å². The molecule has 1 heterocycles. The first-order valence-electron chi connectivity index (χ1n) is 5.15. The summed E-state index contributed by atoms with van der Waals surface area (Å²) >= 11 is 0. The van der Waals surface area contributed by atoms with E-state index >= 15 is 0 Å². The molecule has 1 amide bonds. The number of hydrogen-bond donors (Lipinski definition) is 1. The number of furan rings is 1. The van der Waals surface area contributed by atoms with Gasteiger partial charge in [0.25, 0.3) is 0 Å². The number of ether oxygens (including phenoxy) is 1. The lowest BCUT2D eigenvalue weighted by molar-refractivity contribution is -0.122. The van der Waals surface area contributed by atoms with E-state index in [1.807, 2.05) is 12.1 Å². The van der Waals surface area contributed by atoms with Gasteiger partial charge in [-0.15, -0.1) is 0 Å². The molecular weight excluding hydrogens is 194 g/mol. The van der Waals surface area contributed by atoms with Gasteiger partial charge in [-0.1, -0.05) is 0 Å². The minimum Gasteiger partial charge on any atom is -0.467 e. The van der Waals surface area contributed by atoms with Crippen molar-refractivity contribution in [2.45, 2.75) is 18.9 Å². The van der Waals surface area contributed by atoms with Crippen molar-refractivity contribution < 1.29 is 13.9 Å². The topological polar surface area (TPSA) is 51.5 Å². The van der Waals surface area contributed by atoms with Crippen molar-refractivity contribution in [3.8, 4) is 0 Å². The maximum absolute atomic E-state index is 11.4. The van der Waals surface area contributed by atoms with Crippen molar-refractivity contribution in [3.63, 3.8) is 0 Å². The Hall–Kier alpha value is -1.29. The van der Waals surface area contributed by atoms with Crippen LogP contribution in [0.3, 0.4) is 0 Å². The van der Waals surface area contributed by atoms with Crippen LogP contribution >= 0.6 is 0 Å². The zero-order valence-electron chi connectivity index (χ0n) is 8.73. The molecule has 1 atom stereocenters. The number of nitrogens with one attached hydrogen (secondary N) is 1. The summed E-state index contributed by atoms with van der Waals surface area (Å²) in [5, 5.41) is 2.86. The maximum Gasteiger partial charge on any atom is 0.223 e. The van der Waals surface area contributed by atoms with Crippen molar-refractivity contribution in [3.05, 3.63) is 24.2 Å². The molecule has 82 valence electrons. The molecule has 0 radical (unpaired) electrons. The zero-order chi connectivity index (χ0) is 10.7. The Kier molecular flexibility index (Phi) is 3.06. The lowest BCUT2D eigenvalue weighted by atomic mass is 10.2. The van der Waals surface area contributed by atoms with Crippen LogP contribution in [0, 0.1) is 5.92 Å². The van der Waals surface area contributed by atoms with Gasteiger partial charge in [0, 0.05) is 13.0 Å². The van der Waals surface area contributed by atoms with Crippen molar-refractivity contribution in [1.82, 2.24) is 5.32 Å². The first-order valence-corrected chi connectivity index (χ1v) is 5.15. The van der Waals surface area contributed by atoms with E-state index in [9.17, 15) is 4.79 Å². The molecule has 0 bridgehead atoms. The molecule has 0 aliphatic heterocycles. The zero-order valence-corrected chi connectivity index (χ0v) is 8.73. The summed E-state index contributed by atoms with van der Waals surface area (Å²) in [6.07, 6.45) is 3.45. The Morgan fingerprint density at radius 1 is 1.73 bits per heavy atom. The van der Waals surface area contributed by atoms with E-state index in [0.717, 1.165) is 18.6 Å². The van der Waals surface area contributed by atoms with E-state index in [2.05, 4.69) is 5.32 Å². The first-order chi connectivity index (χ1) is 7.31. The minimum absolute atomic E-state index is 0.128. The minimum atomic E-state index is -0.192. The Morgan fingerprint density at radius 2 is 2.53 bits per heavy atom. The highest BCUT2D eigenvalue weighted by molar-refractivity contribution is 5.80. The second-order valence-electron chi connectivity index (χ2n) is 3.76. The van der Waals surface area contributed by atoms with Gasteiger partial charge in [-0.3, -0.25) is 4.79 Å². The first kappa shape index (κ1) is 10.2. The van der Waals surface area contributed by atoms with Gasteiger partial charge < -0.3 is 14.5 Å². The monoisotopic (exact) mass is 209 g/mol. The SMILES string of the molecule is CO[C@H](CNC(=O)C1CC1)c1ccco1. The molecule has 1 aromatic heterocycles. The largest absolute Gasteiger partial charge is 0.467 e. The molecule has 1 aliphatic rings. The highest BCUT2D eigenvalue weighted by Gasteiger charge is 2.30. The third kappa shape index (κ3) is 2.59. The summed E-state index contributed by atoms with van der Waals surface area (Å²) in [7, 11) is 1.61. The molecule has 0 aromatic carbocycles. The summed E-state index contributed by atoms with van der Waals surface area (Å²) in [6.45, 7) is 0.472. The van der Waals surface area contributed by atoms with Crippen molar-refractivity contribution >= 4 is 5.91 Å². The van der Waals surface area contributed by atoms with Gasteiger partial charge in [-0.2, -0.15) is 0 Å². The number of hydrogen-bond acceptors (Lipinski definition) is 3. The molecule has 1 N–H and O–H groups in total. The van der Waals surface area contributed by atoms with Crippen LogP contribution in [0.25, 0.3) is 0 Å². The molecule has 1 fully saturated rings. The Labute approximate surface area is 88.6 Å². The van der Waals surface area contributed by atoms with Crippen LogP contribution in [0.1, 0.15) is 24.7 Å². The molecule has 15 heavy (non-hydrogen) atoms. The normalized spacial score (nSPS) is 17.4. The van der Waals surface area contributed by atoms with Crippen molar-refractivity contribution in [2.75, 3.05) is 13.7 Å². The highest BCUT2D eigenvalue weighted by atomic mass is 16.5. The quantitative estimate of drug-likeness (QED) is 0.799. The Balaban J connectivity index is 1.83. The summed E-state index contributed by atoms with van der Waals surface area (Å²) in [6, 6.07) is 3.65. The number of carbonyl (C=O) groups excluding carboxylic acids is 1. The average Bonchev–Trinajstić information content (AvgIpc) is 2.97. The predicted octanol–water partition coefficient (Wildman–Crippen LogP) is 1.49. The fraction of sp³-hybridized carbons (Fsp3) is 0.545. The number of carbonyl (C=O) groups is 1.